The maximum Gasteiger partial charge on any atom is 0.128 e. The van der Waals surface area contributed by atoms with Crippen LogP contribution in [0, 0.1) is 0 Å². The molecule has 0 bridgehead atoms. The predicted octanol–water partition coefficient (Wildman–Crippen LogP) is 1.61. The summed E-state index contributed by atoms with van der Waals surface area (Å²) in [5, 5.41) is 0. The number of hydrogen-bond acceptors (Lipinski definition) is 4. The highest BCUT2D eigenvalue weighted by Gasteiger charge is 2.11. The Balaban J connectivity index is 1.80. The van der Waals surface area contributed by atoms with Crippen LogP contribution in [0.1, 0.15) is 0 Å². The second-order valence-corrected chi connectivity index (χ2v) is 5.13. The Morgan fingerprint density at radius 3 is 2.82 bits per heavy atom. The van der Waals surface area contributed by atoms with E-state index in [1.54, 1.807) is 0 Å². The summed E-state index contributed by atoms with van der Waals surface area (Å²) in [6.07, 6.45) is 1.83. The van der Waals surface area contributed by atoms with E-state index in [-0.39, 0.29) is 0 Å². The van der Waals surface area contributed by atoms with Crippen molar-refractivity contribution in [1.82, 2.24) is 9.88 Å². The van der Waals surface area contributed by atoms with Gasteiger partial charge in [0.05, 0.1) is 13.2 Å². The summed E-state index contributed by atoms with van der Waals surface area (Å²) in [6.45, 7) is 5.87. The fraction of sp³-hybridized carbons (Fsp3) is 0.583. The van der Waals surface area contributed by atoms with E-state index in [1.165, 1.54) is 0 Å². The van der Waals surface area contributed by atoms with Gasteiger partial charge in [0.1, 0.15) is 5.82 Å². The molecule has 1 aliphatic rings. The molecule has 0 spiro atoms. The van der Waals surface area contributed by atoms with Crippen molar-refractivity contribution in [2.75, 3.05) is 51.3 Å². The van der Waals surface area contributed by atoms with Gasteiger partial charge in [0.2, 0.25) is 0 Å². The first kappa shape index (κ1) is 12.8. The van der Waals surface area contributed by atoms with Crippen LogP contribution in [0.2, 0.25) is 0 Å². The molecular formula is C12H18BrN3O. The zero-order valence-corrected chi connectivity index (χ0v) is 11.7. The minimum absolute atomic E-state index is 0.861. The van der Waals surface area contributed by atoms with E-state index in [4.69, 9.17) is 4.74 Å². The Morgan fingerprint density at radius 2 is 2.18 bits per heavy atom. The van der Waals surface area contributed by atoms with E-state index < -0.39 is 0 Å². The maximum atomic E-state index is 5.33. The lowest BCUT2D eigenvalue weighted by molar-refractivity contribution is 0.0393. The van der Waals surface area contributed by atoms with Gasteiger partial charge in [-0.3, -0.25) is 4.90 Å². The Bertz CT molecular complexity index is 338. The van der Waals surface area contributed by atoms with Crippen LogP contribution in [0.25, 0.3) is 0 Å². The standard InChI is InChI=1S/C12H18BrN3O/c1-15(12-3-2-11(13)10-14-12)4-5-16-6-8-17-9-7-16/h2-3,10H,4-9H2,1H3. The molecule has 17 heavy (non-hydrogen) atoms. The minimum Gasteiger partial charge on any atom is -0.379 e. The summed E-state index contributed by atoms with van der Waals surface area (Å²) in [7, 11) is 2.08. The number of halogens is 1. The van der Waals surface area contributed by atoms with Crippen molar-refractivity contribution in [2.24, 2.45) is 0 Å². The molecule has 1 fully saturated rings. The van der Waals surface area contributed by atoms with Crippen molar-refractivity contribution >= 4 is 21.7 Å². The maximum absolute atomic E-state index is 5.33. The van der Waals surface area contributed by atoms with Crippen LogP contribution in [0.3, 0.4) is 0 Å². The van der Waals surface area contributed by atoms with Gasteiger partial charge >= 0.3 is 0 Å². The number of likely N-dealkylation sites (N-methyl/N-ethyl adjacent to an activating group) is 1. The van der Waals surface area contributed by atoms with Crippen molar-refractivity contribution in [1.29, 1.82) is 0 Å². The Hall–Kier alpha value is -0.650. The number of anilines is 1. The Kier molecular flexibility index (Phi) is 4.76. The highest BCUT2D eigenvalue weighted by molar-refractivity contribution is 9.10. The van der Waals surface area contributed by atoms with Crippen LogP contribution in [0.5, 0.6) is 0 Å². The molecule has 0 saturated carbocycles. The topological polar surface area (TPSA) is 28.6 Å². The van der Waals surface area contributed by atoms with E-state index in [2.05, 4.69) is 37.8 Å². The first-order chi connectivity index (χ1) is 8.25. The van der Waals surface area contributed by atoms with Crippen molar-refractivity contribution in [3.05, 3.63) is 22.8 Å². The predicted molar refractivity (Wildman–Crippen MR) is 72.5 cm³/mol. The molecule has 1 saturated heterocycles. The van der Waals surface area contributed by atoms with Gasteiger partial charge in [-0.2, -0.15) is 0 Å². The summed E-state index contributed by atoms with van der Waals surface area (Å²) in [6, 6.07) is 4.05. The molecule has 4 nitrogen and oxygen atoms in total. The molecule has 1 aromatic rings. The van der Waals surface area contributed by atoms with Crippen LogP contribution >= 0.6 is 15.9 Å². The lowest BCUT2D eigenvalue weighted by Crippen LogP contribution is -2.40. The van der Waals surface area contributed by atoms with E-state index in [1.807, 2.05) is 18.3 Å². The smallest absolute Gasteiger partial charge is 0.128 e. The largest absolute Gasteiger partial charge is 0.379 e. The molecule has 2 rings (SSSR count). The van der Waals surface area contributed by atoms with Crippen molar-refractivity contribution in [3.63, 3.8) is 0 Å². The van der Waals surface area contributed by atoms with Gasteiger partial charge < -0.3 is 9.64 Å². The lowest BCUT2D eigenvalue weighted by Gasteiger charge is -2.28. The highest BCUT2D eigenvalue weighted by Crippen LogP contribution is 2.13. The molecule has 1 aliphatic heterocycles. The van der Waals surface area contributed by atoms with Gasteiger partial charge in [-0.25, -0.2) is 4.98 Å². The number of rotatable bonds is 4. The third-order valence-electron chi connectivity index (χ3n) is 2.96. The molecule has 0 atom stereocenters. The van der Waals surface area contributed by atoms with Crippen molar-refractivity contribution < 1.29 is 4.74 Å². The summed E-state index contributed by atoms with van der Waals surface area (Å²) in [5.41, 5.74) is 0. The number of ether oxygens (including phenoxy) is 1. The molecule has 0 amide bonds. The average molecular weight is 300 g/mol. The molecule has 5 heteroatoms. The van der Waals surface area contributed by atoms with Crippen LogP contribution in [0.15, 0.2) is 22.8 Å². The van der Waals surface area contributed by atoms with Gasteiger partial charge in [-0.15, -0.1) is 0 Å². The van der Waals surface area contributed by atoms with Crippen LogP contribution < -0.4 is 4.90 Å². The first-order valence-electron chi connectivity index (χ1n) is 5.88. The monoisotopic (exact) mass is 299 g/mol. The SMILES string of the molecule is CN(CCN1CCOCC1)c1ccc(Br)cn1. The molecule has 0 radical (unpaired) electrons. The number of hydrogen-bond donors (Lipinski definition) is 0. The van der Waals surface area contributed by atoms with Crippen molar-refractivity contribution in [2.45, 2.75) is 0 Å². The number of morpholine rings is 1. The third kappa shape index (κ3) is 3.94. The van der Waals surface area contributed by atoms with Gasteiger partial charge in [-0.1, -0.05) is 0 Å². The molecular weight excluding hydrogens is 282 g/mol. The molecule has 2 heterocycles. The second kappa shape index (κ2) is 6.33. The lowest BCUT2D eigenvalue weighted by atomic mass is 10.4. The normalized spacial score (nSPS) is 17.1. The Morgan fingerprint density at radius 1 is 1.41 bits per heavy atom. The van der Waals surface area contributed by atoms with Gasteiger partial charge in [-0.05, 0) is 28.1 Å². The first-order valence-corrected chi connectivity index (χ1v) is 6.68. The van der Waals surface area contributed by atoms with Crippen LogP contribution in [-0.2, 0) is 4.74 Å². The van der Waals surface area contributed by atoms with E-state index >= 15 is 0 Å². The van der Waals surface area contributed by atoms with Crippen LogP contribution in [0.4, 0.5) is 5.82 Å². The molecule has 0 aromatic carbocycles. The van der Waals surface area contributed by atoms with E-state index in [0.29, 0.717) is 0 Å². The molecule has 1 aromatic heterocycles. The minimum atomic E-state index is 0.861. The summed E-state index contributed by atoms with van der Waals surface area (Å²) < 4.78 is 6.35. The van der Waals surface area contributed by atoms with Crippen molar-refractivity contribution in [3.8, 4) is 0 Å². The quantitative estimate of drug-likeness (QED) is 0.845. The van der Waals surface area contributed by atoms with E-state index in [9.17, 15) is 0 Å². The molecule has 0 unspecified atom stereocenters. The number of nitrogens with zero attached hydrogens (tertiary/aromatic N) is 3. The molecule has 0 N–H and O–H groups in total. The summed E-state index contributed by atoms with van der Waals surface area (Å²) in [4.78, 5) is 8.99. The fourth-order valence-electron chi connectivity index (χ4n) is 1.82. The fourth-order valence-corrected chi connectivity index (χ4v) is 2.06. The number of pyridine rings is 1. The van der Waals surface area contributed by atoms with Gasteiger partial charge in [0.25, 0.3) is 0 Å². The highest BCUT2D eigenvalue weighted by atomic mass is 79.9. The molecule has 94 valence electrons. The van der Waals surface area contributed by atoms with Gasteiger partial charge in [0, 0.05) is 43.9 Å². The second-order valence-electron chi connectivity index (χ2n) is 4.21. The van der Waals surface area contributed by atoms with Crippen LogP contribution in [-0.4, -0.2) is 56.3 Å². The molecule has 0 aliphatic carbocycles. The zero-order chi connectivity index (χ0) is 12.1. The number of aromatic nitrogens is 1. The summed E-state index contributed by atoms with van der Waals surface area (Å²) >= 11 is 3.39. The van der Waals surface area contributed by atoms with Gasteiger partial charge in [0.15, 0.2) is 0 Å². The Labute approximate surface area is 111 Å². The zero-order valence-electron chi connectivity index (χ0n) is 10.1. The summed E-state index contributed by atoms with van der Waals surface area (Å²) in [5.74, 6) is 1.02. The average Bonchev–Trinajstić information content (AvgIpc) is 2.38. The van der Waals surface area contributed by atoms with E-state index in [0.717, 1.165) is 49.7 Å². The third-order valence-corrected chi connectivity index (χ3v) is 3.43.